The van der Waals surface area contributed by atoms with Crippen LogP contribution in [0.5, 0.6) is 0 Å². The number of nitrogens with zero attached hydrogens (tertiary/aromatic N) is 2. The highest BCUT2D eigenvalue weighted by molar-refractivity contribution is 9.10. The predicted molar refractivity (Wildman–Crippen MR) is 93.4 cm³/mol. The fourth-order valence-electron chi connectivity index (χ4n) is 1.92. The third-order valence-corrected chi connectivity index (χ3v) is 5.78. The van der Waals surface area contributed by atoms with Gasteiger partial charge in [-0.2, -0.15) is 11.8 Å². The van der Waals surface area contributed by atoms with Crippen LogP contribution in [0, 0.1) is 0 Å². The molecule has 0 aliphatic rings. The van der Waals surface area contributed by atoms with Gasteiger partial charge in [-0.25, -0.2) is 4.98 Å². The number of hydrogen-bond donors (Lipinski definition) is 1. The van der Waals surface area contributed by atoms with Crippen molar-refractivity contribution in [3.8, 4) is 0 Å². The molecule has 0 fully saturated rings. The monoisotopic (exact) mass is 388 g/mol. The largest absolute Gasteiger partial charge is 0.481 e. The molecule has 1 N–H and O–H groups in total. The van der Waals surface area contributed by atoms with Crippen molar-refractivity contribution in [2.24, 2.45) is 0 Å². The van der Waals surface area contributed by atoms with Crippen LogP contribution in [0.15, 0.2) is 27.8 Å². The second-order valence-electron chi connectivity index (χ2n) is 5.26. The molecule has 1 aromatic heterocycles. The van der Waals surface area contributed by atoms with Crippen LogP contribution in [-0.4, -0.2) is 37.4 Å². The maximum atomic E-state index is 10.8. The quantitative estimate of drug-likeness (QED) is 0.754. The molecule has 2 rings (SSSR count). The minimum Gasteiger partial charge on any atom is -0.481 e. The van der Waals surface area contributed by atoms with Crippen molar-refractivity contribution in [1.82, 2.24) is 9.55 Å². The second kappa shape index (κ2) is 6.62. The van der Waals surface area contributed by atoms with E-state index in [1.165, 1.54) is 11.8 Å². The van der Waals surface area contributed by atoms with E-state index in [0.29, 0.717) is 0 Å². The van der Waals surface area contributed by atoms with Gasteiger partial charge in [0.05, 0.1) is 16.8 Å². The van der Waals surface area contributed by atoms with Crippen molar-refractivity contribution in [3.05, 3.63) is 22.7 Å². The van der Waals surface area contributed by atoms with E-state index in [4.69, 9.17) is 5.11 Å². The molecule has 0 saturated heterocycles. The Labute approximate surface area is 140 Å². The number of benzene rings is 1. The van der Waals surface area contributed by atoms with E-state index < -0.39 is 5.97 Å². The molecule has 2 aromatic rings. The summed E-state index contributed by atoms with van der Waals surface area (Å²) in [6.45, 7) is 5.14. The number of fused-ring (bicyclic) bond motifs is 1. The van der Waals surface area contributed by atoms with Crippen molar-refractivity contribution in [3.63, 3.8) is 0 Å². The van der Waals surface area contributed by atoms with Gasteiger partial charge in [0.2, 0.25) is 0 Å². The molecule has 1 heterocycles. The molecular weight excluding hydrogens is 372 g/mol. The van der Waals surface area contributed by atoms with Gasteiger partial charge in [0, 0.05) is 15.8 Å². The molecular formula is C14H17BrN2O2S2. The minimum absolute atomic E-state index is 0.0180. The van der Waals surface area contributed by atoms with E-state index >= 15 is 0 Å². The zero-order chi connectivity index (χ0) is 15.6. The molecule has 4 nitrogen and oxygen atoms in total. The van der Waals surface area contributed by atoms with Gasteiger partial charge in [0.1, 0.15) is 0 Å². The van der Waals surface area contributed by atoms with E-state index in [0.717, 1.165) is 27.2 Å². The average molecular weight is 389 g/mol. The highest BCUT2D eigenvalue weighted by Crippen LogP contribution is 2.31. The summed E-state index contributed by atoms with van der Waals surface area (Å²) in [4.78, 5) is 15.4. The molecule has 0 spiro atoms. The Bertz CT molecular complexity index is 670. The normalized spacial score (nSPS) is 12.0. The minimum atomic E-state index is -0.830. The first-order valence-electron chi connectivity index (χ1n) is 6.38. The van der Waals surface area contributed by atoms with Gasteiger partial charge < -0.3 is 9.67 Å². The summed E-state index contributed by atoms with van der Waals surface area (Å²) >= 11 is 6.50. The lowest BCUT2D eigenvalue weighted by Gasteiger charge is -2.24. The molecule has 7 heteroatoms. The van der Waals surface area contributed by atoms with Crippen molar-refractivity contribution in [2.75, 3.05) is 12.0 Å². The number of imidazole rings is 1. The van der Waals surface area contributed by atoms with Crippen molar-refractivity contribution < 1.29 is 9.90 Å². The lowest BCUT2D eigenvalue weighted by molar-refractivity contribution is -0.133. The van der Waals surface area contributed by atoms with Crippen LogP contribution >= 0.6 is 39.5 Å². The fraction of sp³-hybridized carbons (Fsp3) is 0.429. The number of carboxylic acids is 1. The summed E-state index contributed by atoms with van der Waals surface area (Å²) < 4.78 is 3.14. The maximum absolute atomic E-state index is 10.8. The van der Waals surface area contributed by atoms with Crippen molar-refractivity contribution >= 4 is 56.5 Å². The summed E-state index contributed by atoms with van der Waals surface area (Å²) in [5.74, 6) is -0.812. The first-order valence-corrected chi connectivity index (χ1v) is 9.38. The van der Waals surface area contributed by atoms with Crippen LogP contribution in [0.25, 0.3) is 11.0 Å². The van der Waals surface area contributed by atoms with Crippen LogP contribution in [0.1, 0.15) is 13.8 Å². The lowest BCUT2D eigenvalue weighted by Crippen LogP contribution is -2.23. The third-order valence-electron chi connectivity index (χ3n) is 3.09. The number of carbonyl (C=O) groups is 1. The molecule has 0 amide bonds. The zero-order valence-corrected chi connectivity index (χ0v) is 15.3. The van der Waals surface area contributed by atoms with Gasteiger partial charge in [-0.1, -0.05) is 27.7 Å². The number of rotatable bonds is 6. The van der Waals surface area contributed by atoms with Crippen molar-refractivity contribution in [2.45, 2.75) is 30.3 Å². The number of aliphatic carboxylic acids is 1. The van der Waals surface area contributed by atoms with Gasteiger partial charge in [-0.05, 0) is 38.3 Å². The molecule has 21 heavy (non-hydrogen) atoms. The van der Waals surface area contributed by atoms with Crippen LogP contribution in [0.3, 0.4) is 0 Å². The molecule has 114 valence electrons. The van der Waals surface area contributed by atoms with E-state index in [1.807, 2.05) is 18.2 Å². The van der Waals surface area contributed by atoms with E-state index in [-0.39, 0.29) is 10.5 Å². The Morgan fingerprint density at radius 3 is 2.81 bits per heavy atom. The Morgan fingerprint density at radius 2 is 2.19 bits per heavy atom. The molecule has 0 radical (unpaired) electrons. The molecule has 0 atom stereocenters. The molecule has 0 unspecified atom stereocenters. The van der Waals surface area contributed by atoms with Gasteiger partial charge in [-0.15, -0.1) is 0 Å². The van der Waals surface area contributed by atoms with Crippen molar-refractivity contribution in [1.29, 1.82) is 0 Å². The Balaban J connectivity index is 2.46. The Hall–Kier alpha value is -0.660. The standard InChI is InChI=1S/C14H17BrN2O2S2/c1-14(2,20-3)8-17-11-5-4-9(15)6-10(11)16-13(17)21-7-12(18)19/h4-6H,7-8H2,1-3H3,(H,18,19). The number of hydrogen-bond acceptors (Lipinski definition) is 4. The SMILES string of the molecule is CSC(C)(C)Cn1c(SCC(=O)O)nc2cc(Br)ccc21. The van der Waals surface area contributed by atoms with Crippen LogP contribution < -0.4 is 0 Å². The highest BCUT2D eigenvalue weighted by atomic mass is 79.9. The van der Waals surface area contributed by atoms with Gasteiger partial charge in [0.15, 0.2) is 5.16 Å². The van der Waals surface area contributed by atoms with E-state index in [2.05, 4.69) is 45.6 Å². The summed E-state index contributed by atoms with van der Waals surface area (Å²) in [7, 11) is 0. The zero-order valence-electron chi connectivity index (χ0n) is 12.1. The number of halogens is 1. The predicted octanol–water partition coefficient (Wildman–Crippen LogP) is 4.12. The number of aromatic nitrogens is 2. The fourth-order valence-corrected chi connectivity index (χ4v) is 3.26. The third kappa shape index (κ3) is 4.17. The van der Waals surface area contributed by atoms with Gasteiger partial charge in [-0.3, -0.25) is 4.79 Å². The summed E-state index contributed by atoms with van der Waals surface area (Å²) in [5, 5.41) is 9.65. The molecule has 0 bridgehead atoms. The highest BCUT2D eigenvalue weighted by Gasteiger charge is 2.21. The number of carboxylic acid groups (broad SMARTS) is 1. The molecule has 0 saturated carbocycles. The first-order chi connectivity index (χ1) is 9.82. The van der Waals surface area contributed by atoms with E-state index in [9.17, 15) is 4.79 Å². The second-order valence-corrected chi connectivity index (χ2v) is 8.63. The summed E-state index contributed by atoms with van der Waals surface area (Å²) in [5.41, 5.74) is 1.92. The Morgan fingerprint density at radius 1 is 1.48 bits per heavy atom. The maximum Gasteiger partial charge on any atom is 0.313 e. The average Bonchev–Trinajstić information content (AvgIpc) is 2.73. The Kier molecular flexibility index (Phi) is 5.27. The first kappa shape index (κ1) is 16.7. The lowest BCUT2D eigenvalue weighted by atomic mass is 10.2. The van der Waals surface area contributed by atoms with Gasteiger partial charge in [0.25, 0.3) is 0 Å². The summed E-state index contributed by atoms with van der Waals surface area (Å²) in [6.07, 6.45) is 2.08. The molecule has 0 aliphatic carbocycles. The van der Waals surface area contributed by atoms with E-state index in [1.54, 1.807) is 11.8 Å². The topological polar surface area (TPSA) is 55.1 Å². The van der Waals surface area contributed by atoms with Crippen LogP contribution in [0.4, 0.5) is 0 Å². The van der Waals surface area contributed by atoms with Crippen LogP contribution in [-0.2, 0) is 11.3 Å². The van der Waals surface area contributed by atoms with Crippen LogP contribution in [0.2, 0.25) is 0 Å². The van der Waals surface area contributed by atoms with Gasteiger partial charge >= 0.3 is 5.97 Å². The number of thioether (sulfide) groups is 2. The molecule has 0 aliphatic heterocycles. The summed E-state index contributed by atoms with van der Waals surface area (Å²) in [6, 6.07) is 5.97. The smallest absolute Gasteiger partial charge is 0.313 e. The molecule has 1 aromatic carbocycles.